The molecule has 0 amide bonds. The molecule has 2 aromatic rings. The zero-order valence-electron chi connectivity index (χ0n) is 12.2. The number of nitrogens with zero attached hydrogens (tertiary/aromatic N) is 3. The Labute approximate surface area is 114 Å². The summed E-state index contributed by atoms with van der Waals surface area (Å²) in [6.07, 6.45) is 0. The van der Waals surface area contributed by atoms with Gasteiger partial charge in [0.15, 0.2) is 0 Å². The van der Waals surface area contributed by atoms with E-state index in [9.17, 15) is 5.26 Å². The maximum absolute atomic E-state index is 9.24. The van der Waals surface area contributed by atoms with Gasteiger partial charge in [-0.3, -0.25) is 0 Å². The molecule has 0 aliphatic heterocycles. The predicted molar refractivity (Wildman–Crippen MR) is 79.5 cm³/mol. The summed E-state index contributed by atoms with van der Waals surface area (Å²) in [5.74, 6) is 0.721. The highest BCUT2D eigenvalue weighted by atomic mass is 15.1. The Morgan fingerprint density at radius 2 is 1.84 bits per heavy atom. The van der Waals surface area contributed by atoms with E-state index in [-0.39, 0.29) is 5.41 Å². The Hall–Kier alpha value is -2.08. The topological polar surface area (TPSA) is 39.9 Å². The largest absolute Gasteiger partial charge is 0.362 e. The summed E-state index contributed by atoms with van der Waals surface area (Å²) in [6, 6.07) is 10.4. The molecule has 0 atom stereocenters. The number of hydrogen-bond acceptors (Lipinski definition) is 3. The lowest BCUT2D eigenvalue weighted by atomic mass is 9.86. The zero-order valence-corrected chi connectivity index (χ0v) is 12.2. The molecule has 0 radical (unpaired) electrons. The summed E-state index contributed by atoms with van der Waals surface area (Å²) in [4.78, 5) is 6.44. The van der Waals surface area contributed by atoms with Crippen LogP contribution in [0.25, 0.3) is 10.9 Å². The smallest absolute Gasteiger partial charge is 0.146 e. The summed E-state index contributed by atoms with van der Waals surface area (Å²) >= 11 is 0. The van der Waals surface area contributed by atoms with Gasteiger partial charge in [0, 0.05) is 19.5 Å². The van der Waals surface area contributed by atoms with Gasteiger partial charge in [-0.1, -0.05) is 26.8 Å². The first kappa shape index (κ1) is 13.4. The van der Waals surface area contributed by atoms with Gasteiger partial charge in [-0.25, -0.2) is 4.98 Å². The molecule has 0 N–H and O–H groups in total. The number of nitriles is 1. The molecule has 1 heterocycles. The lowest BCUT2D eigenvalue weighted by Gasteiger charge is -2.20. The van der Waals surface area contributed by atoms with Crippen LogP contribution in [0.5, 0.6) is 0 Å². The zero-order chi connectivity index (χ0) is 14.2. The molecule has 0 bridgehead atoms. The molecule has 3 heteroatoms. The van der Waals surface area contributed by atoms with Gasteiger partial charge in [-0.2, -0.15) is 5.26 Å². The fourth-order valence-electron chi connectivity index (χ4n) is 2.06. The van der Waals surface area contributed by atoms with Crippen LogP contribution in [-0.2, 0) is 5.41 Å². The maximum atomic E-state index is 9.24. The van der Waals surface area contributed by atoms with Crippen LogP contribution in [0, 0.1) is 11.3 Å². The van der Waals surface area contributed by atoms with E-state index in [0.717, 1.165) is 16.7 Å². The minimum atomic E-state index is 0.0984. The van der Waals surface area contributed by atoms with Crippen LogP contribution >= 0.6 is 0 Å². The highest BCUT2D eigenvalue weighted by molar-refractivity contribution is 5.84. The highest BCUT2D eigenvalue weighted by Crippen LogP contribution is 2.28. The van der Waals surface area contributed by atoms with E-state index < -0.39 is 0 Å². The first-order valence-electron chi connectivity index (χ1n) is 6.35. The Morgan fingerprint density at radius 3 is 2.37 bits per heavy atom. The minimum Gasteiger partial charge on any atom is -0.362 e. The van der Waals surface area contributed by atoms with Crippen LogP contribution < -0.4 is 4.90 Å². The molecule has 0 unspecified atom stereocenters. The van der Waals surface area contributed by atoms with Crippen molar-refractivity contribution < 1.29 is 0 Å². The Kier molecular flexibility index (Phi) is 3.20. The number of benzene rings is 1. The molecule has 1 aromatic heterocycles. The molecular formula is C16H19N3. The second-order valence-electron chi connectivity index (χ2n) is 6.02. The molecule has 0 saturated heterocycles. The average molecular weight is 253 g/mol. The van der Waals surface area contributed by atoms with Crippen molar-refractivity contribution in [2.24, 2.45) is 0 Å². The number of fused-ring (bicyclic) bond motifs is 1. The van der Waals surface area contributed by atoms with Crippen molar-refractivity contribution in [3.8, 4) is 6.07 Å². The van der Waals surface area contributed by atoms with Crippen LogP contribution in [0.3, 0.4) is 0 Å². The second kappa shape index (κ2) is 4.55. The minimum absolute atomic E-state index is 0.0984. The lowest BCUT2D eigenvalue weighted by Crippen LogP contribution is -2.13. The summed E-state index contributed by atoms with van der Waals surface area (Å²) in [5, 5.41) is 10.3. The Bertz CT molecular complexity index is 658. The molecule has 98 valence electrons. The Balaban J connectivity index is 2.69. The van der Waals surface area contributed by atoms with Crippen LogP contribution in [0.4, 0.5) is 5.82 Å². The molecule has 0 fully saturated rings. The van der Waals surface area contributed by atoms with E-state index in [1.54, 1.807) is 0 Å². The van der Waals surface area contributed by atoms with Gasteiger partial charge in [-0.15, -0.1) is 0 Å². The van der Waals surface area contributed by atoms with Crippen LogP contribution in [0.1, 0.15) is 31.9 Å². The van der Waals surface area contributed by atoms with Gasteiger partial charge in [0.1, 0.15) is 11.9 Å². The van der Waals surface area contributed by atoms with Crippen molar-refractivity contribution in [2.75, 3.05) is 19.0 Å². The maximum Gasteiger partial charge on any atom is 0.146 e. The van der Waals surface area contributed by atoms with E-state index in [1.807, 2.05) is 31.1 Å². The van der Waals surface area contributed by atoms with Gasteiger partial charge in [0.05, 0.1) is 11.1 Å². The summed E-state index contributed by atoms with van der Waals surface area (Å²) in [7, 11) is 3.80. The van der Waals surface area contributed by atoms with Crippen molar-refractivity contribution in [1.29, 1.82) is 5.26 Å². The average Bonchev–Trinajstić information content (AvgIpc) is 2.35. The quantitative estimate of drug-likeness (QED) is 0.781. The fraction of sp³-hybridized carbons (Fsp3) is 0.375. The number of aromatic nitrogens is 1. The van der Waals surface area contributed by atoms with Crippen molar-refractivity contribution in [3.63, 3.8) is 0 Å². The van der Waals surface area contributed by atoms with Gasteiger partial charge in [-0.05, 0) is 29.2 Å². The third kappa shape index (κ3) is 2.53. The number of rotatable bonds is 1. The second-order valence-corrected chi connectivity index (χ2v) is 6.02. The number of anilines is 1. The van der Waals surface area contributed by atoms with Gasteiger partial charge >= 0.3 is 0 Å². The van der Waals surface area contributed by atoms with Crippen molar-refractivity contribution >= 4 is 16.7 Å². The Morgan fingerprint density at radius 1 is 1.16 bits per heavy atom. The molecule has 3 nitrogen and oxygen atoms in total. The third-order valence-electron chi connectivity index (χ3n) is 3.20. The fourth-order valence-corrected chi connectivity index (χ4v) is 2.06. The van der Waals surface area contributed by atoms with E-state index in [4.69, 9.17) is 0 Å². The monoisotopic (exact) mass is 253 g/mol. The highest BCUT2D eigenvalue weighted by Gasteiger charge is 2.15. The molecule has 0 spiro atoms. The SMILES string of the molecule is CN(C)c1nc2ccc(C(C)(C)C)cc2cc1C#N. The molecule has 0 saturated carbocycles. The van der Waals surface area contributed by atoms with E-state index >= 15 is 0 Å². The van der Waals surface area contributed by atoms with Crippen molar-refractivity contribution in [3.05, 3.63) is 35.4 Å². The molecule has 1 aromatic carbocycles. The van der Waals surface area contributed by atoms with Crippen LogP contribution in [-0.4, -0.2) is 19.1 Å². The van der Waals surface area contributed by atoms with Gasteiger partial charge in [0.25, 0.3) is 0 Å². The van der Waals surface area contributed by atoms with E-state index in [1.165, 1.54) is 5.56 Å². The first-order chi connectivity index (χ1) is 8.82. The summed E-state index contributed by atoms with van der Waals surface area (Å²) in [6.45, 7) is 6.54. The number of hydrogen-bond donors (Lipinski definition) is 0. The van der Waals surface area contributed by atoms with E-state index in [2.05, 4.69) is 44.0 Å². The molecule has 0 aliphatic rings. The first-order valence-corrected chi connectivity index (χ1v) is 6.35. The summed E-state index contributed by atoms with van der Waals surface area (Å²) < 4.78 is 0. The van der Waals surface area contributed by atoms with Crippen molar-refractivity contribution in [1.82, 2.24) is 4.98 Å². The number of pyridine rings is 1. The standard InChI is InChI=1S/C16H19N3/c1-16(2,3)13-6-7-14-11(9-13)8-12(10-17)15(18-14)19(4)5/h6-9H,1-5H3. The normalized spacial score (nSPS) is 11.4. The lowest BCUT2D eigenvalue weighted by molar-refractivity contribution is 0.591. The van der Waals surface area contributed by atoms with Crippen molar-refractivity contribution in [2.45, 2.75) is 26.2 Å². The predicted octanol–water partition coefficient (Wildman–Crippen LogP) is 3.47. The van der Waals surface area contributed by atoms with Crippen LogP contribution in [0.2, 0.25) is 0 Å². The molecular weight excluding hydrogens is 234 g/mol. The summed E-state index contributed by atoms with van der Waals surface area (Å²) in [5.41, 5.74) is 2.89. The third-order valence-corrected chi connectivity index (χ3v) is 3.20. The molecule has 2 rings (SSSR count). The van der Waals surface area contributed by atoms with Gasteiger partial charge < -0.3 is 4.90 Å². The van der Waals surface area contributed by atoms with Gasteiger partial charge in [0.2, 0.25) is 0 Å². The molecule has 19 heavy (non-hydrogen) atoms. The molecule has 0 aliphatic carbocycles. The van der Waals surface area contributed by atoms with E-state index in [0.29, 0.717) is 5.56 Å². The van der Waals surface area contributed by atoms with Crippen LogP contribution in [0.15, 0.2) is 24.3 Å².